The van der Waals surface area contributed by atoms with Crippen molar-refractivity contribution in [3.8, 4) is 0 Å². The number of anilines is 3. The number of urea groups is 1. The van der Waals surface area contributed by atoms with Gasteiger partial charge in [-0.05, 0) is 54.6 Å². The normalized spacial score (nSPS) is 10.9. The molecular formula is C21H15F4N3O2. The zero-order valence-electron chi connectivity index (χ0n) is 15.3. The molecule has 0 unspecified atom stereocenters. The van der Waals surface area contributed by atoms with Gasteiger partial charge >= 0.3 is 12.2 Å². The van der Waals surface area contributed by atoms with Crippen molar-refractivity contribution in [2.75, 3.05) is 16.0 Å². The minimum atomic E-state index is -4.53. The number of nitrogens with one attached hydrogen (secondary N) is 3. The lowest BCUT2D eigenvalue weighted by Gasteiger charge is -2.12. The molecule has 0 radical (unpaired) electrons. The van der Waals surface area contributed by atoms with Gasteiger partial charge in [-0.25, -0.2) is 9.18 Å². The summed E-state index contributed by atoms with van der Waals surface area (Å²) >= 11 is 0. The van der Waals surface area contributed by atoms with Crippen LogP contribution in [0.25, 0.3) is 0 Å². The number of alkyl halides is 3. The molecule has 0 aliphatic heterocycles. The second-order valence-corrected chi connectivity index (χ2v) is 6.20. The molecule has 3 rings (SSSR count). The van der Waals surface area contributed by atoms with E-state index in [4.69, 9.17) is 0 Å². The molecule has 0 heterocycles. The van der Waals surface area contributed by atoms with Crippen LogP contribution in [0.3, 0.4) is 0 Å². The third kappa shape index (κ3) is 5.57. The molecule has 9 heteroatoms. The SMILES string of the molecule is O=C(Nc1cccc(NC(=O)c2cccc(F)c2)c1)Nc1cccc(C(F)(F)F)c1. The number of halogens is 4. The Morgan fingerprint density at radius 1 is 0.700 bits per heavy atom. The smallest absolute Gasteiger partial charge is 0.322 e. The summed E-state index contributed by atoms with van der Waals surface area (Å²) in [5, 5.41) is 7.36. The highest BCUT2D eigenvalue weighted by atomic mass is 19.4. The molecule has 0 saturated carbocycles. The van der Waals surface area contributed by atoms with Crippen LogP contribution in [0, 0.1) is 5.82 Å². The Hall–Kier alpha value is -3.88. The van der Waals surface area contributed by atoms with Gasteiger partial charge in [0.05, 0.1) is 5.56 Å². The summed E-state index contributed by atoms with van der Waals surface area (Å²) < 4.78 is 51.5. The quantitative estimate of drug-likeness (QED) is 0.474. The van der Waals surface area contributed by atoms with Crippen molar-refractivity contribution >= 4 is 29.0 Å². The van der Waals surface area contributed by atoms with Crippen LogP contribution >= 0.6 is 0 Å². The van der Waals surface area contributed by atoms with E-state index in [9.17, 15) is 27.2 Å². The molecule has 0 aliphatic carbocycles. The first-order valence-corrected chi connectivity index (χ1v) is 8.63. The molecular weight excluding hydrogens is 402 g/mol. The molecule has 0 spiro atoms. The van der Waals surface area contributed by atoms with E-state index in [0.29, 0.717) is 5.69 Å². The molecule has 0 atom stereocenters. The molecule has 3 aromatic rings. The average Bonchev–Trinajstić information content (AvgIpc) is 2.67. The Bertz CT molecular complexity index is 1080. The Kier molecular flexibility index (Phi) is 6.01. The van der Waals surface area contributed by atoms with Gasteiger partial charge < -0.3 is 16.0 Å². The lowest BCUT2D eigenvalue weighted by Crippen LogP contribution is -2.20. The zero-order valence-corrected chi connectivity index (χ0v) is 15.3. The van der Waals surface area contributed by atoms with Crippen LogP contribution < -0.4 is 16.0 Å². The van der Waals surface area contributed by atoms with Crippen molar-refractivity contribution in [1.29, 1.82) is 0 Å². The molecule has 30 heavy (non-hydrogen) atoms. The monoisotopic (exact) mass is 417 g/mol. The number of benzene rings is 3. The highest BCUT2D eigenvalue weighted by Crippen LogP contribution is 2.30. The molecule has 0 aromatic heterocycles. The second kappa shape index (κ2) is 8.64. The largest absolute Gasteiger partial charge is 0.416 e. The van der Waals surface area contributed by atoms with Gasteiger partial charge in [-0.15, -0.1) is 0 Å². The molecule has 0 aliphatic rings. The molecule has 3 aromatic carbocycles. The van der Waals surface area contributed by atoms with Gasteiger partial charge in [-0.1, -0.05) is 18.2 Å². The Balaban J connectivity index is 1.65. The summed E-state index contributed by atoms with van der Waals surface area (Å²) in [6, 6.07) is 14.7. The minimum Gasteiger partial charge on any atom is -0.322 e. The van der Waals surface area contributed by atoms with Crippen LogP contribution in [0.15, 0.2) is 72.8 Å². The Morgan fingerprint density at radius 3 is 1.90 bits per heavy atom. The van der Waals surface area contributed by atoms with E-state index < -0.39 is 29.5 Å². The third-order valence-corrected chi connectivity index (χ3v) is 3.91. The number of amides is 3. The maximum Gasteiger partial charge on any atom is 0.416 e. The van der Waals surface area contributed by atoms with E-state index in [2.05, 4.69) is 16.0 Å². The predicted molar refractivity (Wildman–Crippen MR) is 105 cm³/mol. The standard InChI is InChI=1S/C21H15F4N3O2/c22-15-6-1-4-13(10-15)19(29)26-17-8-3-9-18(12-17)28-20(30)27-16-7-2-5-14(11-16)21(23,24)25/h1-12H,(H,26,29)(H2,27,28,30). The summed E-state index contributed by atoms with van der Waals surface area (Å²) in [6.07, 6.45) is -4.53. The van der Waals surface area contributed by atoms with Crippen molar-refractivity contribution in [3.63, 3.8) is 0 Å². The molecule has 154 valence electrons. The van der Waals surface area contributed by atoms with E-state index in [1.165, 1.54) is 42.5 Å². The van der Waals surface area contributed by atoms with E-state index in [1.54, 1.807) is 12.1 Å². The van der Waals surface area contributed by atoms with Crippen molar-refractivity contribution in [2.24, 2.45) is 0 Å². The lowest BCUT2D eigenvalue weighted by molar-refractivity contribution is -0.137. The van der Waals surface area contributed by atoms with Crippen LogP contribution in [0.2, 0.25) is 0 Å². The lowest BCUT2D eigenvalue weighted by atomic mass is 10.2. The van der Waals surface area contributed by atoms with Gasteiger partial charge in [0.1, 0.15) is 5.82 Å². The summed E-state index contributed by atoms with van der Waals surface area (Å²) in [5.74, 6) is -1.09. The first kappa shape index (κ1) is 20.8. The van der Waals surface area contributed by atoms with E-state index in [1.807, 2.05) is 0 Å². The average molecular weight is 417 g/mol. The van der Waals surface area contributed by atoms with Crippen LogP contribution in [-0.4, -0.2) is 11.9 Å². The topological polar surface area (TPSA) is 70.2 Å². The van der Waals surface area contributed by atoms with Crippen molar-refractivity contribution in [3.05, 3.63) is 89.7 Å². The van der Waals surface area contributed by atoms with Crippen LogP contribution in [0.5, 0.6) is 0 Å². The number of carbonyl (C=O) groups excluding carboxylic acids is 2. The van der Waals surface area contributed by atoms with Gasteiger partial charge in [0, 0.05) is 22.6 Å². The summed E-state index contributed by atoms with van der Waals surface area (Å²) in [6.45, 7) is 0. The third-order valence-electron chi connectivity index (χ3n) is 3.91. The van der Waals surface area contributed by atoms with Crippen molar-refractivity contribution < 1.29 is 27.2 Å². The number of hydrogen-bond acceptors (Lipinski definition) is 2. The molecule has 0 bridgehead atoms. The fourth-order valence-electron chi connectivity index (χ4n) is 2.57. The summed E-state index contributed by atoms with van der Waals surface area (Å²) in [7, 11) is 0. The van der Waals surface area contributed by atoms with Gasteiger partial charge in [0.2, 0.25) is 0 Å². The van der Waals surface area contributed by atoms with Gasteiger partial charge in [-0.2, -0.15) is 13.2 Å². The minimum absolute atomic E-state index is 0.0297. The predicted octanol–water partition coefficient (Wildman–Crippen LogP) is 5.74. The fourth-order valence-corrected chi connectivity index (χ4v) is 2.57. The molecule has 3 amide bonds. The van der Waals surface area contributed by atoms with Gasteiger partial charge in [-0.3, -0.25) is 4.79 Å². The Morgan fingerprint density at radius 2 is 1.27 bits per heavy atom. The van der Waals surface area contributed by atoms with Gasteiger partial charge in [0.25, 0.3) is 5.91 Å². The van der Waals surface area contributed by atoms with E-state index in [-0.39, 0.29) is 16.9 Å². The van der Waals surface area contributed by atoms with Crippen LogP contribution in [0.1, 0.15) is 15.9 Å². The fraction of sp³-hybridized carbons (Fsp3) is 0.0476. The summed E-state index contributed by atoms with van der Waals surface area (Å²) in [5.41, 5.74) is -0.173. The maximum atomic E-state index is 13.2. The maximum absolute atomic E-state index is 13.2. The van der Waals surface area contributed by atoms with Crippen LogP contribution in [-0.2, 0) is 6.18 Å². The summed E-state index contributed by atoms with van der Waals surface area (Å²) in [4.78, 5) is 24.3. The van der Waals surface area contributed by atoms with Crippen LogP contribution in [0.4, 0.5) is 39.4 Å². The second-order valence-electron chi connectivity index (χ2n) is 6.20. The molecule has 5 nitrogen and oxygen atoms in total. The molecule has 3 N–H and O–H groups in total. The molecule has 0 saturated heterocycles. The number of hydrogen-bond donors (Lipinski definition) is 3. The van der Waals surface area contributed by atoms with Crippen molar-refractivity contribution in [2.45, 2.75) is 6.18 Å². The highest BCUT2D eigenvalue weighted by molar-refractivity contribution is 6.05. The number of rotatable bonds is 4. The Labute approximate surface area is 168 Å². The van der Waals surface area contributed by atoms with E-state index >= 15 is 0 Å². The molecule has 0 fully saturated rings. The highest BCUT2D eigenvalue weighted by Gasteiger charge is 2.30. The zero-order chi connectivity index (χ0) is 21.7. The first-order chi connectivity index (χ1) is 14.2. The van der Waals surface area contributed by atoms with Crippen molar-refractivity contribution in [1.82, 2.24) is 0 Å². The van der Waals surface area contributed by atoms with E-state index in [0.717, 1.165) is 18.2 Å². The first-order valence-electron chi connectivity index (χ1n) is 8.63. The number of carbonyl (C=O) groups is 2. The van der Waals surface area contributed by atoms with Gasteiger partial charge in [0.15, 0.2) is 0 Å².